The van der Waals surface area contributed by atoms with Crippen LogP contribution in [0.2, 0.25) is 0 Å². The molecule has 3 heteroatoms. The van der Waals surface area contributed by atoms with Crippen molar-refractivity contribution in [2.45, 2.75) is 18.2 Å². The number of halogens is 1. The third-order valence-electron chi connectivity index (χ3n) is 4.33. The molecular weight excluding hydrogens is 330 g/mol. The van der Waals surface area contributed by atoms with E-state index >= 15 is 0 Å². The number of hydrogen-bond donors (Lipinski definition) is 1. The van der Waals surface area contributed by atoms with Crippen LogP contribution in [-0.2, 0) is 9.67 Å². The van der Waals surface area contributed by atoms with Crippen LogP contribution >= 0.6 is 11.6 Å². The van der Waals surface area contributed by atoms with Crippen molar-refractivity contribution in [3.63, 3.8) is 0 Å². The summed E-state index contributed by atoms with van der Waals surface area (Å²) in [5, 5.41) is 2.94. The summed E-state index contributed by atoms with van der Waals surface area (Å²) in [4.78, 5) is 11.7. The molecule has 0 aromatic heterocycles. The van der Waals surface area contributed by atoms with E-state index in [-0.39, 0.29) is 5.91 Å². The number of rotatable bonds is 5. The zero-order chi connectivity index (χ0) is 17.7. The zero-order valence-corrected chi connectivity index (χ0v) is 14.8. The van der Waals surface area contributed by atoms with E-state index in [1.807, 2.05) is 79.7 Å². The molecule has 3 aromatic carbocycles. The van der Waals surface area contributed by atoms with Crippen LogP contribution in [0.25, 0.3) is 11.1 Å². The summed E-state index contributed by atoms with van der Waals surface area (Å²) in [6.45, 7) is 1.91. The van der Waals surface area contributed by atoms with E-state index in [4.69, 9.17) is 11.6 Å². The van der Waals surface area contributed by atoms with E-state index in [9.17, 15) is 4.79 Å². The molecule has 0 aliphatic carbocycles. The Bertz CT molecular complexity index is 831. The van der Waals surface area contributed by atoms with Crippen molar-refractivity contribution in [3.05, 3.63) is 90.5 Å². The third kappa shape index (κ3) is 3.75. The van der Waals surface area contributed by atoms with Gasteiger partial charge in [-0.25, -0.2) is 0 Å². The molecule has 1 atom stereocenters. The van der Waals surface area contributed by atoms with Crippen LogP contribution in [0, 0.1) is 0 Å². The highest BCUT2D eigenvalue weighted by Crippen LogP contribution is 2.34. The van der Waals surface area contributed by atoms with Gasteiger partial charge in [-0.05, 0) is 35.2 Å². The van der Waals surface area contributed by atoms with Gasteiger partial charge in [0.1, 0.15) is 4.87 Å². The second kappa shape index (κ2) is 7.54. The molecule has 0 bridgehead atoms. The normalized spacial score (nSPS) is 13.0. The van der Waals surface area contributed by atoms with E-state index < -0.39 is 4.87 Å². The highest BCUT2D eigenvalue weighted by molar-refractivity contribution is 6.36. The lowest BCUT2D eigenvalue weighted by Gasteiger charge is -2.25. The molecule has 0 saturated carbocycles. The largest absolute Gasteiger partial charge is 0.324 e. The third-order valence-corrected chi connectivity index (χ3v) is 4.99. The van der Waals surface area contributed by atoms with Crippen molar-refractivity contribution in [1.82, 2.24) is 0 Å². The summed E-state index contributed by atoms with van der Waals surface area (Å²) >= 11 is 6.66. The van der Waals surface area contributed by atoms with Crippen LogP contribution in [0.4, 0.5) is 5.69 Å². The number of carbonyl (C=O) groups excluding carboxylic acids is 1. The molecule has 0 radical (unpaired) electrons. The average Bonchev–Trinajstić information content (AvgIpc) is 2.69. The van der Waals surface area contributed by atoms with Crippen molar-refractivity contribution in [2.24, 2.45) is 0 Å². The van der Waals surface area contributed by atoms with Crippen molar-refractivity contribution in [3.8, 4) is 11.1 Å². The molecule has 3 aromatic rings. The van der Waals surface area contributed by atoms with Crippen LogP contribution in [0.15, 0.2) is 84.9 Å². The molecule has 0 spiro atoms. The number of anilines is 1. The Morgan fingerprint density at radius 3 is 1.92 bits per heavy atom. The van der Waals surface area contributed by atoms with Gasteiger partial charge in [0.2, 0.25) is 5.91 Å². The summed E-state index contributed by atoms with van der Waals surface area (Å²) in [6.07, 6.45) is 0.506. The van der Waals surface area contributed by atoms with Crippen LogP contribution in [0.5, 0.6) is 0 Å². The number of alkyl halides is 1. The minimum absolute atomic E-state index is 0.213. The van der Waals surface area contributed by atoms with Gasteiger partial charge in [0, 0.05) is 5.69 Å². The predicted octanol–water partition coefficient (Wildman–Crippen LogP) is 5.84. The molecule has 1 N–H and O–H groups in total. The first-order valence-corrected chi connectivity index (χ1v) is 8.72. The van der Waals surface area contributed by atoms with Gasteiger partial charge in [0.05, 0.1) is 0 Å². The van der Waals surface area contributed by atoms with Crippen LogP contribution in [-0.4, -0.2) is 5.91 Å². The van der Waals surface area contributed by atoms with Crippen LogP contribution in [0.3, 0.4) is 0 Å². The Morgan fingerprint density at radius 2 is 1.36 bits per heavy atom. The first kappa shape index (κ1) is 17.2. The minimum Gasteiger partial charge on any atom is -0.324 e. The summed E-state index contributed by atoms with van der Waals surface area (Å²) in [5.41, 5.74) is 3.79. The smallest absolute Gasteiger partial charge is 0.250 e. The Labute approximate surface area is 153 Å². The van der Waals surface area contributed by atoms with Crippen LogP contribution < -0.4 is 5.32 Å². The molecule has 0 saturated heterocycles. The van der Waals surface area contributed by atoms with Crippen molar-refractivity contribution >= 4 is 23.2 Å². The van der Waals surface area contributed by atoms with Gasteiger partial charge in [0.15, 0.2) is 0 Å². The lowest BCUT2D eigenvalue weighted by atomic mass is 9.94. The van der Waals surface area contributed by atoms with Gasteiger partial charge in [-0.1, -0.05) is 79.7 Å². The monoisotopic (exact) mass is 349 g/mol. The fourth-order valence-corrected chi connectivity index (χ4v) is 2.98. The van der Waals surface area contributed by atoms with Gasteiger partial charge < -0.3 is 5.32 Å². The Balaban J connectivity index is 1.78. The number of nitrogens with one attached hydrogen (secondary N) is 1. The van der Waals surface area contributed by atoms with Crippen LogP contribution in [0.1, 0.15) is 18.9 Å². The second-order valence-electron chi connectivity index (χ2n) is 5.92. The highest BCUT2D eigenvalue weighted by Gasteiger charge is 2.36. The molecule has 1 unspecified atom stereocenters. The molecule has 2 nitrogen and oxygen atoms in total. The summed E-state index contributed by atoms with van der Waals surface area (Å²) in [6, 6.07) is 27.4. The maximum absolute atomic E-state index is 12.8. The van der Waals surface area contributed by atoms with E-state index in [0.717, 1.165) is 22.4 Å². The average molecular weight is 350 g/mol. The minimum atomic E-state index is -1.07. The first-order chi connectivity index (χ1) is 12.1. The summed E-state index contributed by atoms with van der Waals surface area (Å²) < 4.78 is 0. The molecule has 0 aliphatic heterocycles. The van der Waals surface area contributed by atoms with Gasteiger partial charge >= 0.3 is 0 Å². The lowest BCUT2D eigenvalue weighted by molar-refractivity contribution is -0.119. The van der Waals surface area contributed by atoms with Gasteiger partial charge in [-0.3, -0.25) is 4.79 Å². The number of carbonyl (C=O) groups is 1. The maximum atomic E-state index is 12.8. The van der Waals surface area contributed by atoms with Gasteiger partial charge in [-0.2, -0.15) is 0 Å². The van der Waals surface area contributed by atoms with Gasteiger partial charge in [0.25, 0.3) is 0 Å². The summed E-state index contributed by atoms with van der Waals surface area (Å²) in [7, 11) is 0. The van der Waals surface area contributed by atoms with E-state index in [0.29, 0.717) is 6.42 Å². The standard InChI is InChI=1S/C22H20ClNO/c1-2-22(23,19-11-7-4-8-12-19)21(25)24-20-15-13-18(14-16-20)17-9-5-3-6-10-17/h3-16H,2H2,1H3,(H,24,25). The Hall–Kier alpha value is -2.58. The molecule has 25 heavy (non-hydrogen) atoms. The second-order valence-corrected chi connectivity index (χ2v) is 6.56. The fraction of sp³-hybridized carbons (Fsp3) is 0.136. The lowest BCUT2D eigenvalue weighted by Crippen LogP contribution is -2.34. The van der Waals surface area contributed by atoms with Gasteiger partial charge in [-0.15, -0.1) is 11.6 Å². The van der Waals surface area contributed by atoms with Crippen molar-refractivity contribution in [1.29, 1.82) is 0 Å². The first-order valence-electron chi connectivity index (χ1n) is 8.35. The van der Waals surface area contributed by atoms with E-state index in [1.165, 1.54) is 0 Å². The molecule has 3 rings (SSSR count). The molecule has 1 amide bonds. The predicted molar refractivity (Wildman–Crippen MR) is 105 cm³/mol. The Morgan fingerprint density at radius 1 is 0.840 bits per heavy atom. The Kier molecular flexibility index (Phi) is 5.20. The maximum Gasteiger partial charge on any atom is 0.250 e. The van der Waals surface area contributed by atoms with Crippen molar-refractivity contribution < 1.29 is 4.79 Å². The molecular formula is C22H20ClNO. The zero-order valence-electron chi connectivity index (χ0n) is 14.1. The molecule has 0 aliphatic rings. The molecule has 0 fully saturated rings. The number of benzene rings is 3. The highest BCUT2D eigenvalue weighted by atomic mass is 35.5. The van der Waals surface area contributed by atoms with E-state index in [1.54, 1.807) is 0 Å². The molecule has 0 heterocycles. The summed E-state index contributed by atoms with van der Waals surface area (Å²) in [5.74, 6) is -0.213. The molecule has 126 valence electrons. The SMILES string of the molecule is CCC(Cl)(C(=O)Nc1ccc(-c2ccccc2)cc1)c1ccccc1. The topological polar surface area (TPSA) is 29.1 Å². The number of hydrogen-bond acceptors (Lipinski definition) is 1. The quantitative estimate of drug-likeness (QED) is 0.576. The van der Waals surface area contributed by atoms with E-state index in [2.05, 4.69) is 17.4 Å². The van der Waals surface area contributed by atoms with Crippen molar-refractivity contribution in [2.75, 3.05) is 5.32 Å². The fourth-order valence-electron chi connectivity index (χ4n) is 2.80. The number of amides is 1.